The van der Waals surface area contributed by atoms with Crippen LogP contribution >= 0.6 is 0 Å². The summed E-state index contributed by atoms with van der Waals surface area (Å²) in [5.41, 5.74) is 8.64. The van der Waals surface area contributed by atoms with Gasteiger partial charge in [0.1, 0.15) is 0 Å². The van der Waals surface area contributed by atoms with Crippen molar-refractivity contribution in [3.63, 3.8) is 0 Å². The average molecular weight is 337 g/mol. The molecule has 2 aromatic rings. The topological polar surface area (TPSA) is 84.2 Å². The zero-order valence-corrected chi connectivity index (χ0v) is 14.3. The Kier molecular flexibility index (Phi) is 5.14. The summed E-state index contributed by atoms with van der Waals surface area (Å²) in [5, 5.41) is 5.75. The van der Waals surface area contributed by atoms with Crippen LogP contribution in [0, 0.1) is 12.8 Å². The number of carbonyl (C=O) groups excluding carboxylic acids is 2. The predicted molar refractivity (Wildman–Crippen MR) is 98.6 cm³/mol. The zero-order valence-electron chi connectivity index (χ0n) is 14.3. The van der Waals surface area contributed by atoms with Crippen LogP contribution in [0.1, 0.15) is 39.1 Å². The first-order valence-corrected chi connectivity index (χ1v) is 8.55. The molecule has 1 aliphatic carbocycles. The van der Waals surface area contributed by atoms with Crippen molar-refractivity contribution in [1.82, 2.24) is 5.32 Å². The lowest BCUT2D eigenvalue weighted by atomic mass is 10.1. The van der Waals surface area contributed by atoms with Crippen molar-refractivity contribution < 1.29 is 9.59 Å². The number of carbonyl (C=O) groups is 2. The highest BCUT2D eigenvalue weighted by Gasteiger charge is 2.28. The van der Waals surface area contributed by atoms with E-state index in [4.69, 9.17) is 5.73 Å². The molecule has 0 aromatic heterocycles. The molecule has 4 N–H and O–H groups in total. The van der Waals surface area contributed by atoms with Gasteiger partial charge in [0.05, 0.1) is 0 Å². The number of nitrogens with two attached hydrogens (primary N) is 1. The van der Waals surface area contributed by atoms with Gasteiger partial charge in [-0.15, -0.1) is 0 Å². The second-order valence-corrected chi connectivity index (χ2v) is 6.56. The number of rotatable bonds is 6. The summed E-state index contributed by atoms with van der Waals surface area (Å²) in [7, 11) is 0. The molecule has 0 aliphatic heterocycles. The second-order valence-electron chi connectivity index (χ2n) is 6.56. The van der Waals surface area contributed by atoms with Gasteiger partial charge in [-0.25, -0.2) is 0 Å². The number of hydrogen-bond acceptors (Lipinski definition) is 3. The fourth-order valence-corrected chi connectivity index (χ4v) is 2.69. The van der Waals surface area contributed by atoms with Crippen LogP contribution < -0.4 is 16.4 Å². The summed E-state index contributed by atoms with van der Waals surface area (Å²) >= 11 is 0. The van der Waals surface area contributed by atoms with E-state index in [1.54, 1.807) is 24.3 Å². The molecular formula is C20H23N3O2. The lowest BCUT2D eigenvalue weighted by molar-refractivity contribution is 0.0949. The maximum atomic E-state index is 12.3. The van der Waals surface area contributed by atoms with E-state index in [1.807, 2.05) is 31.2 Å². The van der Waals surface area contributed by atoms with Gasteiger partial charge < -0.3 is 16.4 Å². The van der Waals surface area contributed by atoms with Crippen LogP contribution in [-0.4, -0.2) is 24.4 Å². The molecule has 0 radical (unpaired) electrons. The molecule has 0 spiro atoms. The Morgan fingerprint density at radius 1 is 1.08 bits per heavy atom. The Hall–Kier alpha value is -2.66. The van der Waals surface area contributed by atoms with Crippen molar-refractivity contribution in [2.45, 2.75) is 25.8 Å². The first-order valence-electron chi connectivity index (χ1n) is 8.55. The number of amides is 2. The first-order chi connectivity index (χ1) is 12.0. The van der Waals surface area contributed by atoms with E-state index in [9.17, 15) is 9.59 Å². The molecule has 1 fully saturated rings. The highest BCUT2D eigenvalue weighted by molar-refractivity contribution is 6.05. The molecule has 3 rings (SSSR count). The van der Waals surface area contributed by atoms with Crippen molar-refractivity contribution in [1.29, 1.82) is 0 Å². The van der Waals surface area contributed by atoms with Gasteiger partial charge in [-0.2, -0.15) is 0 Å². The third kappa shape index (κ3) is 4.45. The number of anilines is 1. The molecule has 130 valence electrons. The van der Waals surface area contributed by atoms with E-state index in [0.29, 0.717) is 29.3 Å². The summed E-state index contributed by atoms with van der Waals surface area (Å²) in [6.45, 7) is 2.37. The summed E-state index contributed by atoms with van der Waals surface area (Å²) in [4.78, 5) is 24.6. The van der Waals surface area contributed by atoms with Crippen molar-refractivity contribution in [3.8, 4) is 0 Å². The molecule has 1 atom stereocenters. The average Bonchev–Trinajstić information content (AvgIpc) is 3.47. The molecular weight excluding hydrogens is 314 g/mol. The van der Waals surface area contributed by atoms with E-state index in [2.05, 4.69) is 10.6 Å². The van der Waals surface area contributed by atoms with Crippen molar-refractivity contribution in [2.24, 2.45) is 11.7 Å². The number of aryl methyl sites for hydroxylation is 1. The largest absolute Gasteiger partial charge is 0.350 e. The Labute approximate surface area is 147 Å². The highest BCUT2D eigenvalue weighted by atomic mass is 16.2. The molecule has 0 saturated heterocycles. The summed E-state index contributed by atoms with van der Waals surface area (Å²) in [6.07, 6.45) is 2.30. The Morgan fingerprint density at radius 2 is 1.80 bits per heavy atom. The molecule has 25 heavy (non-hydrogen) atoms. The third-order valence-corrected chi connectivity index (χ3v) is 4.51. The number of nitrogens with one attached hydrogen (secondary N) is 2. The van der Waals surface area contributed by atoms with Crippen LogP contribution in [0.4, 0.5) is 5.69 Å². The first kappa shape index (κ1) is 17.2. The minimum atomic E-state index is -0.197. The molecule has 1 saturated carbocycles. The maximum Gasteiger partial charge on any atom is 0.255 e. The Morgan fingerprint density at radius 3 is 2.48 bits per heavy atom. The van der Waals surface area contributed by atoms with E-state index >= 15 is 0 Å². The fraction of sp³-hybridized carbons (Fsp3) is 0.300. The van der Waals surface area contributed by atoms with Crippen molar-refractivity contribution >= 4 is 17.5 Å². The van der Waals surface area contributed by atoms with Gasteiger partial charge in [-0.1, -0.05) is 24.3 Å². The van der Waals surface area contributed by atoms with Gasteiger partial charge >= 0.3 is 0 Å². The quantitative estimate of drug-likeness (QED) is 0.758. The minimum Gasteiger partial charge on any atom is -0.350 e. The van der Waals surface area contributed by atoms with Crippen LogP contribution in [-0.2, 0) is 0 Å². The molecule has 0 heterocycles. The van der Waals surface area contributed by atoms with Gasteiger partial charge in [0, 0.05) is 29.4 Å². The lowest BCUT2D eigenvalue weighted by Gasteiger charge is -2.13. The van der Waals surface area contributed by atoms with Crippen LogP contribution in [0.3, 0.4) is 0 Å². The van der Waals surface area contributed by atoms with Crippen LogP contribution in [0.2, 0.25) is 0 Å². The van der Waals surface area contributed by atoms with E-state index in [-0.39, 0.29) is 17.9 Å². The summed E-state index contributed by atoms with van der Waals surface area (Å²) in [5.74, 6) is 0.169. The third-order valence-electron chi connectivity index (χ3n) is 4.51. The predicted octanol–water partition coefficient (Wildman–Crippen LogP) is 2.71. The van der Waals surface area contributed by atoms with Gasteiger partial charge in [0.25, 0.3) is 11.8 Å². The van der Waals surface area contributed by atoms with Crippen LogP contribution in [0.25, 0.3) is 0 Å². The summed E-state index contributed by atoms with van der Waals surface area (Å²) in [6, 6.07) is 14.3. The highest BCUT2D eigenvalue weighted by Crippen LogP contribution is 2.31. The van der Waals surface area contributed by atoms with Crippen molar-refractivity contribution in [3.05, 3.63) is 65.2 Å². The van der Waals surface area contributed by atoms with Gasteiger partial charge in [-0.3, -0.25) is 9.59 Å². The van der Waals surface area contributed by atoms with Gasteiger partial charge in [0.2, 0.25) is 0 Å². The van der Waals surface area contributed by atoms with E-state index < -0.39 is 0 Å². The molecule has 5 nitrogen and oxygen atoms in total. The molecule has 2 amide bonds. The molecule has 2 aromatic carbocycles. The molecule has 5 heteroatoms. The van der Waals surface area contributed by atoms with Gasteiger partial charge in [0.15, 0.2) is 0 Å². The smallest absolute Gasteiger partial charge is 0.255 e. The van der Waals surface area contributed by atoms with E-state index in [1.165, 1.54) is 0 Å². The van der Waals surface area contributed by atoms with E-state index in [0.717, 1.165) is 18.4 Å². The minimum absolute atomic E-state index is 0.0200. The maximum absolute atomic E-state index is 12.3. The lowest BCUT2D eigenvalue weighted by Crippen LogP contribution is -2.38. The monoisotopic (exact) mass is 337 g/mol. The van der Waals surface area contributed by atoms with Crippen LogP contribution in [0.5, 0.6) is 0 Å². The molecule has 1 unspecified atom stereocenters. The summed E-state index contributed by atoms with van der Waals surface area (Å²) < 4.78 is 0. The second kappa shape index (κ2) is 7.49. The SMILES string of the molecule is Cc1ccc(C(=O)NCC(N)C2CC2)cc1NC(=O)c1ccccc1. The van der Waals surface area contributed by atoms with Gasteiger partial charge in [-0.05, 0) is 55.5 Å². The Balaban J connectivity index is 1.67. The normalized spacial score (nSPS) is 14.6. The Bertz CT molecular complexity index is 770. The number of hydrogen-bond donors (Lipinski definition) is 3. The standard InChI is InChI=1S/C20H23N3O2/c1-13-7-8-16(19(24)22-12-17(21)14-9-10-14)11-18(13)23-20(25)15-5-3-2-4-6-15/h2-8,11,14,17H,9-10,12,21H2,1H3,(H,22,24)(H,23,25). The van der Waals surface area contributed by atoms with Crippen LogP contribution in [0.15, 0.2) is 48.5 Å². The number of benzene rings is 2. The molecule has 0 bridgehead atoms. The van der Waals surface area contributed by atoms with Crippen molar-refractivity contribution in [2.75, 3.05) is 11.9 Å². The molecule has 1 aliphatic rings. The zero-order chi connectivity index (χ0) is 17.8. The fourth-order valence-electron chi connectivity index (χ4n) is 2.69.